The van der Waals surface area contributed by atoms with Gasteiger partial charge >= 0.3 is 0 Å². The van der Waals surface area contributed by atoms with Crippen molar-refractivity contribution >= 4 is 11.8 Å². The molecule has 0 bridgehead atoms. The molecule has 2 saturated heterocycles. The number of amides is 2. The molecule has 0 radical (unpaired) electrons. The lowest BCUT2D eigenvalue weighted by Crippen LogP contribution is -2.46. The molecule has 2 amide bonds. The maximum Gasteiger partial charge on any atom is 0.247 e. The van der Waals surface area contributed by atoms with Gasteiger partial charge in [0.1, 0.15) is 0 Å². The van der Waals surface area contributed by atoms with Crippen molar-refractivity contribution in [1.82, 2.24) is 10.2 Å². The fraction of sp³-hybridized carbons (Fsp3) is 0.857. The van der Waals surface area contributed by atoms with Crippen LogP contribution in [0.25, 0.3) is 0 Å². The molecule has 0 aromatic rings. The first-order chi connectivity index (χ1) is 9.75. The van der Waals surface area contributed by atoms with Crippen LogP contribution in [0.4, 0.5) is 0 Å². The van der Waals surface area contributed by atoms with Gasteiger partial charge in [0.25, 0.3) is 0 Å². The maximum atomic E-state index is 12.3. The molecule has 0 spiro atoms. The van der Waals surface area contributed by atoms with Crippen LogP contribution in [0.5, 0.6) is 0 Å². The van der Waals surface area contributed by atoms with Gasteiger partial charge in [-0.1, -0.05) is 12.8 Å². The largest absolute Gasteiger partial charge is 0.376 e. The highest BCUT2D eigenvalue weighted by molar-refractivity contribution is 6.05. The number of imide groups is 1. The highest BCUT2D eigenvalue weighted by Gasteiger charge is 2.42. The van der Waals surface area contributed by atoms with Gasteiger partial charge in [-0.2, -0.15) is 0 Å². The third-order valence-electron chi connectivity index (χ3n) is 4.35. The molecule has 112 valence electrons. The Hall–Kier alpha value is -0.980. The van der Waals surface area contributed by atoms with Gasteiger partial charge < -0.3 is 14.8 Å². The van der Waals surface area contributed by atoms with Gasteiger partial charge in [-0.3, -0.25) is 14.5 Å². The maximum absolute atomic E-state index is 12.3. The Morgan fingerprint density at radius 2 is 2.00 bits per heavy atom. The van der Waals surface area contributed by atoms with E-state index >= 15 is 0 Å². The Bertz CT molecular complexity index is 375. The summed E-state index contributed by atoms with van der Waals surface area (Å²) in [5.41, 5.74) is 0. The molecule has 20 heavy (non-hydrogen) atoms. The number of nitrogens with zero attached hydrogens (tertiary/aromatic N) is 1. The Balaban J connectivity index is 1.52. The topological polar surface area (TPSA) is 67.9 Å². The number of rotatable bonds is 4. The van der Waals surface area contributed by atoms with E-state index in [-0.39, 0.29) is 36.4 Å². The molecule has 3 fully saturated rings. The summed E-state index contributed by atoms with van der Waals surface area (Å²) in [5.74, 6) is -0.0844. The van der Waals surface area contributed by atoms with Crippen molar-refractivity contribution in [2.24, 2.45) is 0 Å². The molecule has 1 saturated carbocycles. The molecule has 2 aliphatic heterocycles. The van der Waals surface area contributed by atoms with E-state index in [0.29, 0.717) is 26.4 Å². The zero-order valence-corrected chi connectivity index (χ0v) is 11.7. The predicted octanol–water partition coefficient (Wildman–Crippen LogP) is 0.0615. The summed E-state index contributed by atoms with van der Waals surface area (Å²) in [6.45, 7) is 2.33. The minimum atomic E-state index is -0.381. The third kappa shape index (κ3) is 2.87. The van der Waals surface area contributed by atoms with Crippen molar-refractivity contribution in [3.63, 3.8) is 0 Å². The Morgan fingerprint density at radius 3 is 2.70 bits per heavy atom. The summed E-state index contributed by atoms with van der Waals surface area (Å²) in [6, 6.07) is -0.246. The molecule has 2 heterocycles. The van der Waals surface area contributed by atoms with Gasteiger partial charge in [-0.05, 0) is 12.8 Å². The van der Waals surface area contributed by atoms with Crippen molar-refractivity contribution in [3.05, 3.63) is 0 Å². The SMILES string of the molecule is O=C1CC(NCC2COCCO2)C(=O)N1C1CCCC1. The molecule has 1 aliphatic carbocycles. The van der Waals surface area contributed by atoms with E-state index in [0.717, 1.165) is 25.7 Å². The van der Waals surface area contributed by atoms with Crippen LogP contribution in [0.15, 0.2) is 0 Å². The fourth-order valence-corrected chi connectivity index (χ4v) is 3.28. The first-order valence-electron chi connectivity index (χ1n) is 7.54. The quantitative estimate of drug-likeness (QED) is 0.739. The number of carbonyl (C=O) groups excluding carboxylic acids is 2. The summed E-state index contributed by atoms with van der Waals surface area (Å²) in [5, 5.41) is 3.17. The lowest BCUT2D eigenvalue weighted by molar-refractivity contribution is -0.141. The van der Waals surface area contributed by atoms with Gasteiger partial charge in [0, 0.05) is 12.6 Å². The number of ether oxygens (including phenoxy) is 2. The van der Waals surface area contributed by atoms with Gasteiger partial charge in [0.15, 0.2) is 0 Å². The number of carbonyl (C=O) groups is 2. The first-order valence-corrected chi connectivity index (χ1v) is 7.54. The second-order valence-corrected chi connectivity index (χ2v) is 5.77. The Kier molecular flexibility index (Phi) is 4.33. The van der Waals surface area contributed by atoms with Crippen LogP contribution in [0, 0.1) is 0 Å². The minimum absolute atomic E-state index is 0.0211. The highest BCUT2D eigenvalue weighted by Crippen LogP contribution is 2.28. The normalized spacial score (nSPS) is 32.3. The predicted molar refractivity (Wildman–Crippen MR) is 71.1 cm³/mol. The average Bonchev–Trinajstić information content (AvgIpc) is 3.06. The van der Waals surface area contributed by atoms with Gasteiger partial charge in [-0.15, -0.1) is 0 Å². The Labute approximate surface area is 118 Å². The molecule has 2 atom stereocenters. The first kappa shape index (κ1) is 14.0. The van der Waals surface area contributed by atoms with E-state index in [2.05, 4.69) is 5.32 Å². The minimum Gasteiger partial charge on any atom is -0.376 e. The average molecular weight is 282 g/mol. The van der Waals surface area contributed by atoms with E-state index < -0.39 is 0 Å². The highest BCUT2D eigenvalue weighted by atomic mass is 16.6. The van der Waals surface area contributed by atoms with Crippen LogP contribution in [-0.4, -0.2) is 61.3 Å². The molecule has 3 aliphatic rings. The van der Waals surface area contributed by atoms with Gasteiger partial charge in [0.05, 0.1) is 38.4 Å². The summed E-state index contributed by atoms with van der Waals surface area (Å²) < 4.78 is 10.8. The molecular weight excluding hydrogens is 260 g/mol. The molecule has 2 unspecified atom stereocenters. The van der Waals surface area contributed by atoms with Crippen LogP contribution >= 0.6 is 0 Å². The lowest BCUT2D eigenvalue weighted by Gasteiger charge is -2.25. The monoisotopic (exact) mass is 282 g/mol. The zero-order valence-electron chi connectivity index (χ0n) is 11.7. The standard InChI is InChI=1S/C14H22N2O4/c17-13-7-12(15-8-11-9-19-5-6-20-11)14(18)16(13)10-3-1-2-4-10/h10-12,15H,1-9H2. The van der Waals surface area contributed by atoms with Crippen molar-refractivity contribution in [2.45, 2.75) is 50.3 Å². The molecule has 6 heteroatoms. The smallest absolute Gasteiger partial charge is 0.247 e. The van der Waals surface area contributed by atoms with E-state index in [9.17, 15) is 9.59 Å². The summed E-state index contributed by atoms with van der Waals surface area (Å²) >= 11 is 0. The third-order valence-corrected chi connectivity index (χ3v) is 4.35. The molecule has 0 aromatic carbocycles. The van der Waals surface area contributed by atoms with E-state index in [1.807, 2.05) is 0 Å². The number of likely N-dealkylation sites (tertiary alicyclic amines) is 1. The van der Waals surface area contributed by atoms with Gasteiger partial charge in [0.2, 0.25) is 11.8 Å². The van der Waals surface area contributed by atoms with Gasteiger partial charge in [-0.25, -0.2) is 0 Å². The van der Waals surface area contributed by atoms with Crippen molar-refractivity contribution in [2.75, 3.05) is 26.4 Å². The molecular formula is C14H22N2O4. The van der Waals surface area contributed by atoms with Crippen LogP contribution in [0.2, 0.25) is 0 Å². The van der Waals surface area contributed by atoms with Crippen molar-refractivity contribution < 1.29 is 19.1 Å². The van der Waals surface area contributed by atoms with Crippen LogP contribution in [-0.2, 0) is 19.1 Å². The number of nitrogens with one attached hydrogen (secondary N) is 1. The second-order valence-electron chi connectivity index (χ2n) is 5.77. The van der Waals surface area contributed by atoms with E-state index in [1.54, 1.807) is 0 Å². The Morgan fingerprint density at radius 1 is 1.20 bits per heavy atom. The van der Waals surface area contributed by atoms with Crippen molar-refractivity contribution in [1.29, 1.82) is 0 Å². The van der Waals surface area contributed by atoms with E-state index in [4.69, 9.17) is 9.47 Å². The van der Waals surface area contributed by atoms with Crippen LogP contribution in [0.3, 0.4) is 0 Å². The second kappa shape index (κ2) is 6.20. The van der Waals surface area contributed by atoms with Crippen molar-refractivity contribution in [3.8, 4) is 0 Å². The molecule has 3 rings (SSSR count). The zero-order chi connectivity index (χ0) is 13.9. The van der Waals surface area contributed by atoms with Crippen LogP contribution < -0.4 is 5.32 Å². The lowest BCUT2D eigenvalue weighted by atomic mass is 10.2. The molecule has 0 aromatic heterocycles. The summed E-state index contributed by atoms with van der Waals surface area (Å²) in [6.07, 6.45) is 4.42. The molecule has 1 N–H and O–H groups in total. The molecule has 6 nitrogen and oxygen atoms in total. The summed E-state index contributed by atoms with van der Waals surface area (Å²) in [4.78, 5) is 25.9. The number of hydrogen-bond donors (Lipinski definition) is 1. The number of hydrogen-bond acceptors (Lipinski definition) is 5. The fourth-order valence-electron chi connectivity index (χ4n) is 3.28. The van der Waals surface area contributed by atoms with E-state index in [1.165, 1.54) is 4.90 Å². The van der Waals surface area contributed by atoms with Crippen LogP contribution in [0.1, 0.15) is 32.1 Å². The summed E-state index contributed by atoms with van der Waals surface area (Å²) in [7, 11) is 0.